The fourth-order valence-electron chi connectivity index (χ4n) is 2.50. The molecule has 0 amide bonds. The summed E-state index contributed by atoms with van der Waals surface area (Å²) in [6.45, 7) is 7.40. The summed E-state index contributed by atoms with van der Waals surface area (Å²) in [5, 5.41) is 13.8. The molecule has 0 aliphatic rings. The van der Waals surface area contributed by atoms with Crippen molar-refractivity contribution in [3.05, 3.63) is 0 Å². The molecule has 0 aromatic heterocycles. The van der Waals surface area contributed by atoms with Gasteiger partial charge in [0.25, 0.3) is 0 Å². The number of hydrogen-bond acceptors (Lipinski definition) is 2. The van der Waals surface area contributed by atoms with Crippen LogP contribution in [0, 0.1) is 0 Å². The van der Waals surface area contributed by atoms with Crippen LogP contribution in [-0.4, -0.2) is 17.4 Å². The molecule has 0 bridgehead atoms. The highest BCUT2D eigenvalue weighted by molar-refractivity contribution is 4.75. The monoisotopic (exact) mass is 257 g/mol. The summed E-state index contributed by atoms with van der Waals surface area (Å²) in [5.74, 6) is 0. The van der Waals surface area contributed by atoms with E-state index in [0.29, 0.717) is 0 Å². The van der Waals surface area contributed by atoms with Crippen LogP contribution in [0.4, 0.5) is 0 Å². The predicted octanol–water partition coefficient (Wildman–Crippen LogP) is 4.62. The molecular formula is C16H35NO. The Balaban J connectivity index is 3.78. The number of nitrogens with one attached hydrogen (secondary N) is 1. The van der Waals surface area contributed by atoms with Gasteiger partial charge in [0.1, 0.15) is 5.72 Å². The maximum atomic E-state index is 10.6. The molecule has 0 aliphatic heterocycles. The third-order valence-corrected chi connectivity index (χ3v) is 3.64. The Kier molecular flexibility index (Phi) is 11.9. The van der Waals surface area contributed by atoms with Gasteiger partial charge >= 0.3 is 0 Å². The third kappa shape index (κ3) is 9.90. The Morgan fingerprint density at radius 1 is 0.722 bits per heavy atom. The summed E-state index contributed by atoms with van der Waals surface area (Å²) in [4.78, 5) is 0. The van der Waals surface area contributed by atoms with Crippen LogP contribution in [0.3, 0.4) is 0 Å². The van der Waals surface area contributed by atoms with E-state index in [-0.39, 0.29) is 0 Å². The van der Waals surface area contributed by atoms with Gasteiger partial charge in [0, 0.05) is 0 Å². The van der Waals surface area contributed by atoms with Gasteiger partial charge in [-0.15, -0.1) is 0 Å². The molecule has 0 heterocycles. The molecule has 0 radical (unpaired) electrons. The van der Waals surface area contributed by atoms with Gasteiger partial charge in [-0.2, -0.15) is 0 Å². The molecule has 0 saturated carbocycles. The highest BCUT2D eigenvalue weighted by Crippen LogP contribution is 2.20. The zero-order chi connectivity index (χ0) is 13.7. The minimum Gasteiger partial charge on any atom is -0.376 e. The van der Waals surface area contributed by atoms with Crippen LogP contribution in [-0.2, 0) is 0 Å². The second-order valence-corrected chi connectivity index (χ2v) is 5.54. The molecule has 0 rings (SSSR count). The molecule has 0 aliphatic carbocycles. The summed E-state index contributed by atoms with van der Waals surface area (Å²) in [6.07, 6.45) is 13.1. The first-order chi connectivity index (χ1) is 8.68. The number of hydrogen-bond donors (Lipinski definition) is 2. The Hall–Kier alpha value is -0.0800. The van der Waals surface area contributed by atoms with Crippen molar-refractivity contribution >= 4 is 0 Å². The van der Waals surface area contributed by atoms with Crippen molar-refractivity contribution in [1.29, 1.82) is 0 Å². The molecule has 2 N–H and O–H groups in total. The van der Waals surface area contributed by atoms with Crippen molar-refractivity contribution in [3.63, 3.8) is 0 Å². The van der Waals surface area contributed by atoms with Crippen LogP contribution in [0.15, 0.2) is 0 Å². The fourth-order valence-corrected chi connectivity index (χ4v) is 2.50. The lowest BCUT2D eigenvalue weighted by Crippen LogP contribution is -2.45. The highest BCUT2D eigenvalue weighted by Gasteiger charge is 2.23. The SMILES string of the molecule is CCCCCCCC(O)(CCCCCC)NCC. The van der Waals surface area contributed by atoms with E-state index < -0.39 is 5.72 Å². The van der Waals surface area contributed by atoms with Crippen LogP contribution >= 0.6 is 0 Å². The van der Waals surface area contributed by atoms with Crippen molar-refractivity contribution in [1.82, 2.24) is 5.32 Å². The molecule has 2 heteroatoms. The maximum Gasteiger partial charge on any atom is 0.116 e. The van der Waals surface area contributed by atoms with E-state index in [1.54, 1.807) is 0 Å². The minimum absolute atomic E-state index is 0.602. The van der Waals surface area contributed by atoms with Gasteiger partial charge in [-0.05, 0) is 32.2 Å². The first-order valence-corrected chi connectivity index (χ1v) is 8.16. The third-order valence-electron chi connectivity index (χ3n) is 3.64. The van der Waals surface area contributed by atoms with E-state index in [4.69, 9.17) is 0 Å². The Labute approximate surface area is 115 Å². The predicted molar refractivity (Wildman–Crippen MR) is 80.8 cm³/mol. The smallest absolute Gasteiger partial charge is 0.116 e. The highest BCUT2D eigenvalue weighted by atomic mass is 16.3. The molecular weight excluding hydrogens is 222 g/mol. The second-order valence-electron chi connectivity index (χ2n) is 5.54. The average molecular weight is 257 g/mol. The van der Waals surface area contributed by atoms with Gasteiger partial charge in [0.2, 0.25) is 0 Å². The van der Waals surface area contributed by atoms with Crippen molar-refractivity contribution in [2.75, 3.05) is 6.54 Å². The summed E-state index contributed by atoms with van der Waals surface area (Å²) < 4.78 is 0. The minimum atomic E-state index is -0.602. The van der Waals surface area contributed by atoms with E-state index in [2.05, 4.69) is 26.1 Å². The molecule has 0 aromatic rings. The van der Waals surface area contributed by atoms with Crippen molar-refractivity contribution in [2.24, 2.45) is 0 Å². The van der Waals surface area contributed by atoms with Crippen molar-refractivity contribution < 1.29 is 5.11 Å². The Bertz CT molecular complexity index is 172. The maximum absolute atomic E-state index is 10.6. The first kappa shape index (κ1) is 17.9. The normalized spacial score (nSPS) is 14.7. The molecule has 0 fully saturated rings. The van der Waals surface area contributed by atoms with E-state index in [0.717, 1.165) is 32.2 Å². The van der Waals surface area contributed by atoms with Gasteiger partial charge in [-0.1, -0.05) is 65.7 Å². The zero-order valence-corrected chi connectivity index (χ0v) is 12.9. The molecule has 18 heavy (non-hydrogen) atoms. The summed E-state index contributed by atoms with van der Waals surface area (Å²) >= 11 is 0. The van der Waals surface area contributed by atoms with Crippen LogP contribution in [0.25, 0.3) is 0 Å². The van der Waals surface area contributed by atoms with E-state index in [9.17, 15) is 5.11 Å². The number of rotatable bonds is 13. The molecule has 110 valence electrons. The van der Waals surface area contributed by atoms with Gasteiger partial charge in [0.05, 0.1) is 0 Å². The van der Waals surface area contributed by atoms with E-state index in [1.807, 2.05) is 0 Å². The Morgan fingerprint density at radius 3 is 1.61 bits per heavy atom. The number of unbranched alkanes of at least 4 members (excludes halogenated alkanes) is 7. The molecule has 0 spiro atoms. The van der Waals surface area contributed by atoms with Gasteiger partial charge in [-0.25, -0.2) is 0 Å². The molecule has 0 aromatic carbocycles. The van der Waals surface area contributed by atoms with Crippen LogP contribution in [0.2, 0.25) is 0 Å². The van der Waals surface area contributed by atoms with Gasteiger partial charge < -0.3 is 5.11 Å². The summed E-state index contributed by atoms with van der Waals surface area (Å²) in [7, 11) is 0. The topological polar surface area (TPSA) is 32.3 Å². The van der Waals surface area contributed by atoms with Crippen LogP contribution < -0.4 is 5.32 Å². The van der Waals surface area contributed by atoms with E-state index >= 15 is 0 Å². The quantitative estimate of drug-likeness (QED) is 0.373. The molecule has 1 atom stereocenters. The lowest BCUT2D eigenvalue weighted by atomic mass is 9.97. The van der Waals surface area contributed by atoms with Crippen molar-refractivity contribution in [2.45, 2.75) is 97.1 Å². The average Bonchev–Trinajstić information content (AvgIpc) is 2.35. The Morgan fingerprint density at radius 2 is 1.17 bits per heavy atom. The molecule has 0 saturated heterocycles. The van der Waals surface area contributed by atoms with Crippen molar-refractivity contribution in [3.8, 4) is 0 Å². The second kappa shape index (κ2) is 12.0. The fraction of sp³-hybridized carbons (Fsp3) is 1.00. The standard InChI is InChI=1S/C16H35NO/c1-4-7-9-11-13-15-16(18,17-6-3)14-12-10-8-5-2/h17-18H,4-15H2,1-3H3. The zero-order valence-electron chi connectivity index (χ0n) is 12.9. The molecule has 2 nitrogen and oxygen atoms in total. The van der Waals surface area contributed by atoms with Gasteiger partial charge in [0.15, 0.2) is 0 Å². The lowest BCUT2D eigenvalue weighted by Gasteiger charge is -2.29. The number of aliphatic hydroxyl groups is 1. The van der Waals surface area contributed by atoms with Crippen LogP contribution in [0.5, 0.6) is 0 Å². The van der Waals surface area contributed by atoms with E-state index in [1.165, 1.54) is 44.9 Å². The first-order valence-electron chi connectivity index (χ1n) is 8.16. The van der Waals surface area contributed by atoms with Gasteiger partial charge in [-0.3, -0.25) is 5.32 Å². The molecule has 1 unspecified atom stereocenters. The largest absolute Gasteiger partial charge is 0.376 e. The lowest BCUT2D eigenvalue weighted by molar-refractivity contribution is -0.0138. The summed E-state index contributed by atoms with van der Waals surface area (Å²) in [6, 6.07) is 0. The van der Waals surface area contributed by atoms with Crippen LogP contribution in [0.1, 0.15) is 91.4 Å². The summed E-state index contributed by atoms with van der Waals surface area (Å²) in [5.41, 5.74) is -0.602.